The molecular weight excluding hydrogens is 345 g/mol. The van der Waals surface area contributed by atoms with E-state index in [2.05, 4.69) is 4.90 Å². The summed E-state index contributed by atoms with van der Waals surface area (Å²) in [7, 11) is 1.87. The Balaban J connectivity index is 1.46. The number of likely N-dealkylation sites (tertiary alicyclic amines) is 1. The summed E-state index contributed by atoms with van der Waals surface area (Å²) >= 11 is 0. The second-order valence-electron chi connectivity index (χ2n) is 8.18. The van der Waals surface area contributed by atoms with Crippen LogP contribution in [-0.4, -0.2) is 60.9 Å². The van der Waals surface area contributed by atoms with Crippen molar-refractivity contribution >= 4 is 17.5 Å². The van der Waals surface area contributed by atoms with Gasteiger partial charge >= 0.3 is 0 Å². The molecule has 6 heteroatoms. The van der Waals surface area contributed by atoms with Gasteiger partial charge < -0.3 is 14.7 Å². The Morgan fingerprint density at radius 1 is 1.07 bits per heavy atom. The van der Waals surface area contributed by atoms with E-state index in [-0.39, 0.29) is 29.1 Å². The van der Waals surface area contributed by atoms with Crippen LogP contribution in [0, 0.1) is 11.2 Å². The Labute approximate surface area is 160 Å². The molecule has 0 bridgehead atoms. The Hall–Kier alpha value is -2.11. The van der Waals surface area contributed by atoms with E-state index in [1.807, 2.05) is 16.8 Å². The van der Waals surface area contributed by atoms with Gasteiger partial charge in [-0.3, -0.25) is 9.59 Å². The largest absolute Gasteiger partial charge is 0.368 e. The molecule has 2 aliphatic heterocycles. The third kappa shape index (κ3) is 3.19. The van der Waals surface area contributed by atoms with E-state index in [4.69, 9.17) is 0 Å². The maximum absolute atomic E-state index is 13.6. The van der Waals surface area contributed by atoms with Crippen molar-refractivity contribution in [2.75, 3.05) is 38.1 Å². The van der Waals surface area contributed by atoms with Crippen LogP contribution in [0.15, 0.2) is 24.3 Å². The highest BCUT2D eigenvalue weighted by molar-refractivity contribution is 5.88. The number of hydrogen-bond acceptors (Lipinski definition) is 3. The first-order valence-electron chi connectivity index (χ1n) is 10.1. The fourth-order valence-electron chi connectivity index (χ4n) is 5.25. The van der Waals surface area contributed by atoms with Crippen LogP contribution >= 0.6 is 0 Å². The first-order chi connectivity index (χ1) is 13.0. The molecule has 2 atom stereocenters. The summed E-state index contributed by atoms with van der Waals surface area (Å²) < 4.78 is 13.1. The van der Waals surface area contributed by atoms with Crippen LogP contribution in [0.1, 0.15) is 38.5 Å². The normalized spacial score (nSPS) is 28.9. The first kappa shape index (κ1) is 18.3. The molecule has 146 valence electrons. The van der Waals surface area contributed by atoms with Gasteiger partial charge in [0.05, 0.1) is 5.41 Å². The fraction of sp³-hybridized carbons (Fsp3) is 0.619. The van der Waals surface area contributed by atoms with Crippen LogP contribution in [0.2, 0.25) is 0 Å². The molecule has 2 heterocycles. The Kier molecular flexibility index (Phi) is 4.82. The van der Waals surface area contributed by atoms with Gasteiger partial charge in [0.25, 0.3) is 0 Å². The molecule has 0 N–H and O–H groups in total. The monoisotopic (exact) mass is 373 g/mol. The maximum atomic E-state index is 13.6. The maximum Gasteiger partial charge on any atom is 0.231 e. The van der Waals surface area contributed by atoms with Gasteiger partial charge in [-0.2, -0.15) is 0 Å². The number of nitrogens with zero attached hydrogens (tertiary/aromatic N) is 3. The number of carbonyl (C=O) groups excluding carboxylic acids is 2. The molecule has 0 aromatic heterocycles. The van der Waals surface area contributed by atoms with Crippen LogP contribution in [-0.2, 0) is 9.59 Å². The Morgan fingerprint density at radius 2 is 1.78 bits per heavy atom. The fourth-order valence-corrected chi connectivity index (χ4v) is 5.25. The van der Waals surface area contributed by atoms with E-state index in [0.29, 0.717) is 25.9 Å². The molecule has 1 aromatic carbocycles. The van der Waals surface area contributed by atoms with Crippen LogP contribution < -0.4 is 4.90 Å². The molecule has 0 unspecified atom stereocenters. The molecule has 1 aliphatic carbocycles. The zero-order valence-electron chi connectivity index (χ0n) is 16.0. The van der Waals surface area contributed by atoms with Gasteiger partial charge in [-0.1, -0.05) is 12.8 Å². The second-order valence-corrected chi connectivity index (χ2v) is 8.18. The number of halogens is 1. The van der Waals surface area contributed by atoms with Crippen LogP contribution in [0.5, 0.6) is 0 Å². The minimum Gasteiger partial charge on any atom is -0.368 e. The molecule has 1 saturated carbocycles. The number of benzene rings is 1. The van der Waals surface area contributed by atoms with E-state index in [9.17, 15) is 14.0 Å². The topological polar surface area (TPSA) is 43.9 Å². The number of carbonyl (C=O) groups is 2. The zero-order chi connectivity index (χ0) is 19.0. The summed E-state index contributed by atoms with van der Waals surface area (Å²) in [4.78, 5) is 31.8. The zero-order valence-corrected chi connectivity index (χ0v) is 16.0. The lowest BCUT2D eigenvalue weighted by Gasteiger charge is -2.52. The third-order valence-corrected chi connectivity index (χ3v) is 6.82. The molecule has 5 nitrogen and oxygen atoms in total. The van der Waals surface area contributed by atoms with Gasteiger partial charge in [0.1, 0.15) is 5.82 Å². The second kappa shape index (κ2) is 7.13. The SMILES string of the molecule is CN1C(=O)CC[C@]2(C(=O)N3CCN(c4ccc(F)cc4)CC3)CCCC[C@@H]12. The average Bonchev–Trinajstić information content (AvgIpc) is 2.71. The molecule has 0 radical (unpaired) electrons. The highest BCUT2D eigenvalue weighted by Crippen LogP contribution is 2.47. The van der Waals surface area contributed by atoms with Crippen molar-refractivity contribution in [3.8, 4) is 0 Å². The van der Waals surface area contributed by atoms with E-state index in [1.54, 1.807) is 12.1 Å². The lowest BCUT2D eigenvalue weighted by Crippen LogP contribution is -2.63. The van der Waals surface area contributed by atoms with Gasteiger partial charge in [-0.25, -0.2) is 4.39 Å². The van der Waals surface area contributed by atoms with E-state index < -0.39 is 0 Å². The molecule has 3 fully saturated rings. The molecule has 4 rings (SSSR count). The van der Waals surface area contributed by atoms with Crippen LogP contribution in [0.4, 0.5) is 10.1 Å². The Bertz CT molecular complexity index is 715. The summed E-state index contributed by atoms with van der Waals surface area (Å²) in [6.45, 7) is 2.88. The van der Waals surface area contributed by atoms with E-state index >= 15 is 0 Å². The molecule has 1 aromatic rings. The molecule has 0 spiro atoms. The highest BCUT2D eigenvalue weighted by atomic mass is 19.1. The standard InChI is InChI=1S/C21H28FN3O2/c1-23-18-4-2-3-10-21(18,11-9-19(23)26)20(27)25-14-12-24(13-15-25)17-7-5-16(22)6-8-17/h5-8,18H,2-4,9-15H2,1H3/t18-,21-/m1/s1. The number of hydrogen-bond donors (Lipinski definition) is 0. The van der Waals surface area contributed by atoms with Gasteiger partial charge in [-0.05, 0) is 43.5 Å². The highest BCUT2D eigenvalue weighted by Gasteiger charge is 2.53. The number of piperidine rings is 1. The van der Waals surface area contributed by atoms with Crippen LogP contribution in [0.3, 0.4) is 0 Å². The molecular formula is C21H28FN3O2. The van der Waals surface area contributed by atoms with Crippen molar-refractivity contribution in [2.24, 2.45) is 5.41 Å². The average molecular weight is 373 g/mol. The summed E-state index contributed by atoms with van der Waals surface area (Å²) in [6, 6.07) is 6.60. The predicted molar refractivity (Wildman–Crippen MR) is 102 cm³/mol. The van der Waals surface area contributed by atoms with E-state index in [0.717, 1.165) is 44.5 Å². The number of anilines is 1. The lowest BCUT2D eigenvalue weighted by molar-refractivity contribution is -0.160. The summed E-state index contributed by atoms with van der Waals surface area (Å²) in [5, 5.41) is 0. The van der Waals surface area contributed by atoms with Crippen molar-refractivity contribution in [1.29, 1.82) is 0 Å². The Morgan fingerprint density at radius 3 is 2.48 bits per heavy atom. The smallest absolute Gasteiger partial charge is 0.231 e. The number of fused-ring (bicyclic) bond motifs is 1. The van der Waals surface area contributed by atoms with Gasteiger partial charge in [0.15, 0.2) is 0 Å². The molecule has 2 saturated heterocycles. The van der Waals surface area contributed by atoms with Crippen molar-refractivity contribution in [3.05, 3.63) is 30.1 Å². The number of amides is 2. The minimum atomic E-state index is -0.390. The van der Waals surface area contributed by atoms with Gasteiger partial charge in [0, 0.05) is 51.4 Å². The molecule has 2 amide bonds. The third-order valence-electron chi connectivity index (χ3n) is 6.82. The van der Waals surface area contributed by atoms with Crippen molar-refractivity contribution in [1.82, 2.24) is 9.80 Å². The van der Waals surface area contributed by atoms with Crippen molar-refractivity contribution in [2.45, 2.75) is 44.6 Å². The first-order valence-corrected chi connectivity index (χ1v) is 10.1. The quantitative estimate of drug-likeness (QED) is 0.801. The van der Waals surface area contributed by atoms with Crippen molar-refractivity contribution in [3.63, 3.8) is 0 Å². The summed E-state index contributed by atoms with van der Waals surface area (Å²) in [5.74, 6) is 0.183. The molecule has 3 aliphatic rings. The van der Waals surface area contributed by atoms with Gasteiger partial charge in [0.2, 0.25) is 11.8 Å². The number of rotatable bonds is 2. The predicted octanol–water partition coefficient (Wildman–Crippen LogP) is 2.66. The molecule has 27 heavy (non-hydrogen) atoms. The minimum absolute atomic E-state index is 0.0510. The van der Waals surface area contributed by atoms with Gasteiger partial charge in [-0.15, -0.1) is 0 Å². The summed E-state index contributed by atoms with van der Waals surface area (Å²) in [5.41, 5.74) is 0.610. The number of piperazine rings is 1. The summed E-state index contributed by atoms with van der Waals surface area (Å²) in [6.07, 6.45) is 5.16. The van der Waals surface area contributed by atoms with Crippen LogP contribution in [0.25, 0.3) is 0 Å². The van der Waals surface area contributed by atoms with Crippen molar-refractivity contribution < 1.29 is 14.0 Å². The van der Waals surface area contributed by atoms with E-state index in [1.165, 1.54) is 12.1 Å². The lowest BCUT2D eigenvalue weighted by atomic mass is 9.64.